The fourth-order valence-corrected chi connectivity index (χ4v) is 3.32. The van der Waals surface area contributed by atoms with Crippen LogP contribution in [0.5, 0.6) is 5.75 Å². The first-order chi connectivity index (χ1) is 12.0. The number of amides is 1. The molecule has 1 amide bonds. The third-order valence-electron chi connectivity index (χ3n) is 4.61. The van der Waals surface area contributed by atoms with Crippen LogP contribution in [-0.2, 0) is 29.0 Å². The SMILES string of the molecule is O=C(O)C[C@@H]1Cc2ccc(O)cc2CN(CCc2ccccc2)C1=O. The van der Waals surface area contributed by atoms with Crippen molar-refractivity contribution in [1.29, 1.82) is 0 Å². The van der Waals surface area contributed by atoms with Crippen LogP contribution in [0.15, 0.2) is 48.5 Å². The minimum absolute atomic E-state index is 0.131. The molecule has 25 heavy (non-hydrogen) atoms. The summed E-state index contributed by atoms with van der Waals surface area (Å²) in [5, 5.41) is 18.9. The van der Waals surface area contributed by atoms with Gasteiger partial charge in [-0.3, -0.25) is 9.59 Å². The van der Waals surface area contributed by atoms with E-state index in [1.165, 1.54) is 0 Å². The van der Waals surface area contributed by atoms with Crippen molar-refractivity contribution in [3.63, 3.8) is 0 Å². The standard InChI is InChI=1S/C20H21NO4/c22-18-7-6-15-10-16(12-19(23)24)20(25)21(13-17(15)11-18)9-8-14-4-2-1-3-5-14/h1-7,11,16,22H,8-10,12-13H2,(H,23,24)/t16-/m0/s1. The molecule has 5 heteroatoms. The van der Waals surface area contributed by atoms with Gasteiger partial charge in [-0.2, -0.15) is 0 Å². The number of nitrogens with zero attached hydrogens (tertiary/aromatic N) is 1. The first kappa shape index (κ1) is 17.0. The fourth-order valence-electron chi connectivity index (χ4n) is 3.32. The molecular weight excluding hydrogens is 318 g/mol. The van der Waals surface area contributed by atoms with E-state index < -0.39 is 11.9 Å². The highest BCUT2D eigenvalue weighted by molar-refractivity contribution is 5.84. The highest BCUT2D eigenvalue weighted by Crippen LogP contribution is 2.27. The molecule has 0 aromatic heterocycles. The van der Waals surface area contributed by atoms with Gasteiger partial charge in [0, 0.05) is 13.1 Å². The first-order valence-corrected chi connectivity index (χ1v) is 8.38. The largest absolute Gasteiger partial charge is 0.508 e. The fraction of sp³-hybridized carbons (Fsp3) is 0.300. The monoisotopic (exact) mass is 339 g/mol. The number of hydrogen-bond acceptors (Lipinski definition) is 3. The number of carbonyl (C=O) groups excluding carboxylic acids is 1. The Bertz CT molecular complexity index is 773. The molecule has 1 atom stereocenters. The molecule has 0 saturated carbocycles. The van der Waals surface area contributed by atoms with Gasteiger partial charge in [-0.15, -0.1) is 0 Å². The van der Waals surface area contributed by atoms with Crippen LogP contribution in [0, 0.1) is 5.92 Å². The third kappa shape index (κ3) is 4.18. The summed E-state index contributed by atoms with van der Waals surface area (Å²) in [6, 6.07) is 14.9. The van der Waals surface area contributed by atoms with Gasteiger partial charge in [0.05, 0.1) is 12.3 Å². The van der Waals surface area contributed by atoms with Gasteiger partial charge >= 0.3 is 5.97 Å². The molecule has 1 aliphatic heterocycles. The highest BCUT2D eigenvalue weighted by atomic mass is 16.4. The molecule has 3 rings (SSSR count). The molecule has 130 valence electrons. The number of phenols is 1. The lowest BCUT2D eigenvalue weighted by molar-refractivity contribution is -0.144. The Morgan fingerprint density at radius 1 is 1.12 bits per heavy atom. The summed E-state index contributed by atoms with van der Waals surface area (Å²) in [5.74, 6) is -1.51. The van der Waals surface area contributed by atoms with Crippen LogP contribution in [-0.4, -0.2) is 33.5 Å². The molecule has 0 radical (unpaired) electrons. The number of fused-ring (bicyclic) bond motifs is 1. The summed E-state index contributed by atoms with van der Waals surface area (Å²) >= 11 is 0. The summed E-state index contributed by atoms with van der Waals surface area (Å²) in [6.07, 6.45) is 0.921. The van der Waals surface area contributed by atoms with E-state index in [2.05, 4.69) is 0 Å². The number of carboxylic acids is 1. The Morgan fingerprint density at radius 2 is 1.88 bits per heavy atom. The van der Waals surface area contributed by atoms with E-state index in [1.807, 2.05) is 30.3 Å². The Kier molecular flexibility index (Phi) is 5.03. The number of carbonyl (C=O) groups is 2. The van der Waals surface area contributed by atoms with Crippen LogP contribution in [0.25, 0.3) is 0 Å². The zero-order chi connectivity index (χ0) is 17.8. The van der Waals surface area contributed by atoms with Crippen molar-refractivity contribution in [2.24, 2.45) is 5.92 Å². The highest BCUT2D eigenvalue weighted by Gasteiger charge is 2.31. The summed E-state index contributed by atoms with van der Waals surface area (Å²) < 4.78 is 0. The molecule has 2 aromatic rings. The maximum atomic E-state index is 12.9. The molecule has 1 heterocycles. The Labute approximate surface area is 146 Å². The molecule has 0 spiro atoms. The zero-order valence-corrected chi connectivity index (χ0v) is 13.9. The summed E-state index contributed by atoms with van der Waals surface area (Å²) in [7, 11) is 0. The van der Waals surface area contributed by atoms with Crippen LogP contribution < -0.4 is 0 Å². The number of aromatic hydroxyl groups is 1. The molecule has 0 unspecified atom stereocenters. The van der Waals surface area contributed by atoms with Gasteiger partial charge in [0.25, 0.3) is 0 Å². The van der Waals surface area contributed by atoms with Crippen LogP contribution in [0.2, 0.25) is 0 Å². The molecule has 0 fully saturated rings. The van der Waals surface area contributed by atoms with Crippen molar-refractivity contribution in [2.75, 3.05) is 6.54 Å². The lowest BCUT2D eigenvalue weighted by Gasteiger charge is -2.24. The van der Waals surface area contributed by atoms with Gasteiger partial charge in [0.15, 0.2) is 0 Å². The maximum Gasteiger partial charge on any atom is 0.304 e. The van der Waals surface area contributed by atoms with E-state index in [9.17, 15) is 14.7 Å². The molecule has 2 N–H and O–H groups in total. The Morgan fingerprint density at radius 3 is 2.60 bits per heavy atom. The normalized spacial score (nSPS) is 17.0. The number of rotatable bonds is 5. The van der Waals surface area contributed by atoms with E-state index in [0.717, 1.165) is 16.7 Å². The molecular formula is C20H21NO4. The van der Waals surface area contributed by atoms with Gasteiger partial charge in [-0.25, -0.2) is 0 Å². The van der Waals surface area contributed by atoms with Crippen molar-refractivity contribution in [3.05, 3.63) is 65.2 Å². The number of carboxylic acid groups (broad SMARTS) is 1. The van der Waals surface area contributed by atoms with Gasteiger partial charge in [-0.05, 0) is 41.7 Å². The number of benzene rings is 2. The second-order valence-corrected chi connectivity index (χ2v) is 6.45. The smallest absolute Gasteiger partial charge is 0.304 e. The molecule has 2 aromatic carbocycles. The van der Waals surface area contributed by atoms with Crippen molar-refractivity contribution >= 4 is 11.9 Å². The van der Waals surface area contributed by atoms with Crippen molar-refractivity contribution in [3.8, 4) is 5.75 Å². The summed E-state index contributed by atoms with van der Waals surface area (Å²) in [6.45, 7) is 0.916. The average Bonchev–Trinajstić information content (AvgIpc) is 2.71. The first-order valence-electron chi connectivity index (χ1n) is 8.38. The lowest BCUT2D eigenvalue weighted by Crippen LogP contribution is -2.37. The molecule has 0 aliphatic carbocycles. The predicted molar refractivity (Wildman–Crippen MR) is 93.1 cm³/mol. The van der Waals surface area contributed by atoms with Gasteiger partial charge < -0.3 is 15.1 Å². The minimum Gasteiger partial charge on any atom is -0.508 e. The van der Waals surface area contributed by atoms with E-state index in [0.29, 0.717) is 25.9 Å². The molecule has 1 aliphatic rings. The molecule has 5 nitrogen and oxygen atoms in total. The van der Waals surface area contributed by atoms with E-state index in [-0.39, 0.29) is 18.1 Å². The number of phenolic OH excluding ortho intramolecular Hbond substituents is 1. The predicted octanol–water partition coefficient (Wildman–Crippen LogP) is 2.61. The topological polar surface area (TPSA) is 77.8 Å². The van der Waals surface area contributed by atoms with E-state index >= 15 is 0 Å². The quantitative estimate of drug-likeness (QED) is 0.878. The Hall–Kier alpha value is -2.82. The second kappa shape index (κ2) is 7.38. The van der Waals surface area contributed by atoms with Crippen molar-refractivity contribution in [2.45, 2.75) is 25.8 Å². The number of hydrogen-bond donors (Lipinski definition) is 2. The van der Waals surface area contributed by atoms with Crippen LogP contribution in [0.1, 0.15) is 23.1 Å². The summed E-state index contributed by atoms with van der Waals surface area (Å²) in [4.78, 5) is 25.7. The minimum atomic E-state index is -0.969. The third-order valence-corrected chi connectivity index (χ3v) is 4.61. The van der Waals surface area contributed by atoms with Gasteiger partial charge in [-0.1, -0.05) is 36.4 Å². The second-order valence-electron chi connectivity index (χ2n) is 6.45. The lowest BCUT2D eigenvalue weighted by atomic mass is 9.94. The van der Waals surface area contributed by atoms with Crippen LogP contribution >= 0.6 is 0 Å². The van der Waals surface area contributed by atoms with E-state index in [4.69, 9.17) is 5.11 Å². The maximum absolute atomic E-state index is 12.9. The summed E-state index contributed by atoms with van der Waals surface area (Å²) in [5.41, 5.74) is 2.94. The molecule has 0 bridgehead atoms. The van der Waals surface area contributed by atoms with Crippen molar-refractivity contribution < 1.29 is 19.8 Å². The van der Waals surface area contributed by atoms with Crippen LogP contribution in [0.3, 0.4) is 0 Å². The zero-order valence-electron chi connectivity index (χ0n) is 13.9. The van der Waals surface area contributed by atoms with E-state index in [1.54, 1.807) is 23.1 Å². The van der Waals surface area contributed by atoms with Gasteiger partial charge in [0.1, 0.15) is 5.75 Å². The number of aliphatic carboxylic acids is 1. The van der Waals surface area contributed by atoms with Gasteiger partial charge in [0.2, 0.25) is 5.91 Å². The Balaban J connectivity index is 1.84. The average molecular weight is 339 g/mol. The van der Waals surface area contributed by atoms with Crippen LogP contribution in [0.4, 0.5) is 0 Å². The molecule has 0 saturated heterocycles. The van der Waals surface area contributed by atoms with Crippen molar-refractivity contribution in [1.82, 2.24) is 4.90 Å².